The van der Waals surface area contributed by atoms with Gasteiger partial charge in [0.05, 0.1) is 31.9 Å². The minimum Gasteiger partial charge on any atom is -0.493 e. The predicted octanol–water partition coefficient (Wildman–Crippen LogP) is 1.67. The highest BCUT2D eigenvalue weighted by Gasteiger charge is 2.13. The second kappa shape index (κ2) is 5.49. The van der Waals surface area contributed by atoms with E-state index in [0.29, 0.717) is 17.3 Å². The van der Waals surface area contributed by atoms with Crippen LogP contribution in [0, 0.1) is 0 Å². The number of hydrogen-bond donors (Lipinski definition) is 1. The van der Waals surface area contributed by atoms with Gasteiger partial charge in [0.25, 0.3) is 0 Å². The van der Waals surface area contributed by atoms with Gasteiger partial charge >= 0.3 is 0 Å². The first-order valence-electron chi connectivity index (χ1n) is 5.53. The Morgan fingerprint density at radius 3 is 2.56 bits per heavy atom. The number of aromatic nitrogens is 2. The standard InChI is InChI=1S/C12H16N2O3S/c1-14-9-7-11(17-3)10(16-2)6-8(9)13-12(14)18-5-4-15/h6-7,15H,4-5H2,1-3H3. The molecule has 2 rings (SSSR count). The lowest BCUT2D eigenvalue weighted by atomic mass is 10.2. The zero-order valence-electron chi connectivity index (χ0n) is 10.6. The first kappa shape index (κ1) is 13.0. The maximum Gasteiger partial charge on any atom is 0.168 e. The van der Waals surface area contributed by atoms with E-state index in [9.17, 15) is 0 Å². The number of fused-ring (bicyclic) bond motifs is 1. The molecule has 1 aromatic carbocycles. The van der Waals surface area contributed by atoms with Gasteiger partial charge in [-0.3, -0.25) is 0 Å². The van der Waals surface area contributed by atoms with Crippen LogP contribution in [0.4, 0.5) is 0 Å². The molecule has 0 aliphatic carbocycles. The fourth-order valence-corrected chi connectivity index (χ4v) is 2.49. The normalized spacial score (nSPS) is 10.9. The van der Waals surface area contributed by atoms with Crippen molar-refractivity contribution in [2.45, 2.75) is 5.16 Å². The van der Waals surface area contributed by atoms with Crippen LogP contribution in [0.1, 0.15) is 0 Å². The highest BCUT2D eigenvalue weighted by Crippen LogP contribution is 2.33. The minimum atomic E-state index is 0.139. The number of thioether (sulfide) groups is 1. The molecule has 98 valence electrons. The Kier molecular flexibility index (Phi) is 3.98. The second-order valence-corrected chi connectivity index (χ2v) is 4.78. The van der Waals surface area contributed by atoms with Crippen LogP contribution in [-0.4, -0.2) is 41.2 Å². The van der Waals surface area contributed by atoms with E-state index >= 15 is 0 Å². The van der Waals surface area contributed by atoms with Crippen molar-refractivity contribution in [1.29, 1.82) is 0 Å². The molecule has 0 atom stereocenters. The quantitative estimate of drug-likeness (QED) is 0.836. The third-order valence-corrected chi connectivity index (χ3v) is 3.68. The minimum absolute atomic E-state index is 0.139. The van der Waals surface area contributed by atoms with E-state index in [1.807, 2.05) is 23.7 Å². The summed E-state index contributed by atoms with van der Waals surface area (Å²) < 4.78 is 12.5. The van der Waals surface area contributed by atoms with Gasteiger partial charge in [0.2, 0.25) is 0 Å². The third-order valence-electron chi connectivity index (χ3n) is 2.67. The van der Waals surface area contributed by atoms with Crippen LogP contribution in [-0.2, 0) is 7.05 Å². The van der Waals surface area contributed by atoms with Gasteiger partial charge in [-0.05, 0) is 0 Å². The fourth-order valence-electron chi connectivity index (χ4n) is 1.76. The molecule has 0 saturated heterocycles. The summed E-state index contributed by atoms with van der Waals surface area (Å²) in [7, 11) is 5.16. The summed E-state index contributed by atoms with van der Waals surface area (Å²) in [5.41, 5.74) is 1.84. The van der Waals surface area contributed by atoms with Crippen molar-refractivity contribution >= 4 is 22.8 Å². The Morgan fingerprint density at radius 2 is 1.94 bits per heavy atom. The molecule has 0 unspecified atom stereocenters. The molecule has 6 heteroatoms. The summed E-state index contributed by atoms with van der Waals surface area (Å²) in [6, 6.07) is 3.77. The Hall–Kier alpha value is -1.40. The van der Waals surface area contributed by atoms with Gasteiger partial charge in [-0.25, -0.2) is 4.98 Å². The van der Waals surface area contributed by atoms with Gasteiger partial charge in [-0.2, -0.15) is 0 Å². The highest BCUT2D eigenvalue weighted by atomic mass is 32.2. The van der Waals surface area contributed by atoms with E-state index in [1.165, 1.54) is 11.8 Å². The molecule has 0 amide bonds. The topological polar surface area (TPSA) is 56.5 Å². The monoisotopic (exact) mass is 268 g/mol. The molecule has 1 N–H and O–H groups in total. The molecule has 18 heavy (non-hydrogen) atoms. The lowest BCUT2D eigenvalue weighted by molar-refractivity contribution is 0.322. The molecule has 0 fully saturated rings. The first-order chi connectivity index (χ1) is 8.71. The molecule has 0 aliphatic rings. The van der Waals surface area contributed by atoms with Crippen molar-refractivity contribution in [2.24, 2.45) is 7.05 Å². The molecule has 0 radical (unpaired) electrons. The molecule has 1 aromatic heterocycles. The maximum atomic E-state index is 8.86. The van der Waals surface area contributed by atoms with E-state index in [0.717, 1.165) is 16.2 Å². The lowest BCUT2D eigenvalue weighted by Gasteiger charge is -2.07. The van der Waals surface area contributed by atoms with Crippen LogP contribution in [0.25, 0.3) is 11.0 Å². The van der Waals surface area contributed by atoms with Gasteiger partial charge in [0.15, 0.2) is 16.7 Å². The van der Waals surface area contributed by atoms with Crippen LogP contribution in [0.15, 0.2) is 17.3 Å². The first-order valence-corrected chi connectivity index (χ1v) is 6.52. The Labute approximate surface area is 110 Å². The molecule has 0 saturated carbocycles. The largest absolute Gasteiger partial charge is 0.493 e. The molecule has 2 aromatic rings. The van der Waals surface area contributed by atoms with Gasteiger partial charge in [-0.15, -0.1) is 0 Å². The summed E-state index contributed by atoms with van der Waals surface area (Å²) in [5.74, 6) is 1.99. The van der Waals surface area contributed by atoms with Gasteiger partial charge in [0, 0.05) is 24.9 Å². The van der Waals surface area contributed by atoms with Crippen molar-refractivity contribution in [3.8, 4) is 11.5 Å². The van der Waals surface area contributed by atoms with Crippen molar-refractivity contribution < 1.29 is 14.6 Å². The van der Waals surface area contributed by atoms with E-state index in [4.69, 9.17) is 14.6 Å². The van der Waals surface area contributed by atoms with Gasteiger partial charge in [0.1, 0.15) is 0 Å². The highest BCUT2D eigenvalue weighted by molar-refractivity contribution is 7.99. The Bertz CT molecular complexity index is 554. The zero-order valence-corrected chi connectivity index (χ0v) is 11.5. The number of aliphatic hydroxyl groups excluding tert-OH is 1. The fraction of sp³-hybridized carbons (Fsp3) is 0.417. The number of benzene rings is 1. The van der Waals surface area contributed by atoms with Crippen LogP contribution in [0.2, 0.25) is 0 Å². The molecular weight excluding hydrogens is 252 g/mol. The number of aliphatic hydroxyl groups is 1. The Morgan fingerprint density at radius 1 is 1.28 bits per heavy atom. The van der Waals surface area contributed by atoms with Crippen LogP contribution in [0.3, 0.4) is 0 Å². The number of methoxy groups -OCH3 is 2. The predicted molar refractivity (Wildman–Crippen MR) is 71.6 cm³/mol. The summed E-state index contributed by atoms with van der Waals surface area (Å²) in [4.78, 5) is 4.51. The van der Waals surface area contributed by atoms with E-state index < -0.39 is 0 Å². The molecule has 1 heterocycles. The van der Waals surface area contributed by atoms with Crippen LogP contribution < -0.4 is 9.47 Å². The molecule has 0 bridgehead atoms. The SMILES string of the molecule is COc1cc2nc(SCCO)n(C)c2cc1OC. The average Bonchev–Trinajstić information content (AvgIpc) is 2.71. The summed E-state index contributed by atoms with van der Waals surface area (Å²) in [6.45, 7) is 0.139. The lowest BCUT2D eigenvalue weighted by Crippen LogP contribution is -1.94. The van der Waals surface area contributed by atoms with Crippen LogP contribution in [0.5, 0.6) is 11.5 Å². The number of imidazole rings is 1. The smallest absolute Gasteiger partial charge is 0.168 e. The number of aryl methyl sites for hydroxylation is 1. The maximum absolute atomic E-state index is 8.86. The number of nitrogens with zero attached hydrogens (tertiary/aromatic N) is 2. The summed E-state index contributed by atoms with van der Waals surface area (Å²) >= 11 is 1.52. The van der Waals surface area contributed by atoms with Gasteiger partial charge < -0.3 is 19.1 Å². The average molecular weight is 268 g/mol. The van der Waals surface area contributed by atoms with E-state index in [-0.39, 0.29) is 6.61 Å². The summed E-state index contributed by atoms with van der Waals surface area (Å²) in [6.07, 6.45) is 0. The number of ether oxygens (including phenoxy) is 2. The molecule has 0 spiro atoms. The van der Waals surface area contributed by atoms with Crippen molar-refractivity contribution in [2.75, 3.05) is 26.6 Å². The van der Waals surface area contributed by atoms with Crippen molar-refractivity contribution in [3.63, 3.8) is 0 Å². The second-order valence-electron chi connectivity index (χ2n) is 3.72. The summed E-state index contributed by atoms with van der Waals surface area (Å²) in [5, 5.41) is 9.73. The van der Waals surface area contributed by atoms with Crippen molar-refractivity contribution in [1.82, 2.24) is 9.55 Å². The molecule has 0 aliphatic heterocycles. The molecular formula is C12H16N2O3S. The van der Waals surface area contributed by atoms with Crippen LogP contribution >= 0.6 is 11.8 Å². The Balaban J connectivity index is 2.51. The number of hydrogen-bond acceptors (Lipinski definition) is 5. The number of rotatable bonds is 5. The van der Waals surface area contributed by atoms with Gasteiger partial charge in [-0.1, -0.05) is 11.8 Å². The zero-order chi connectivity index (χ0) is 13.1. The van der Waals surface area contributed by atoms with Crippen molar-refractivity contribution in [3.05, 3.63) is 12.1 Å². The van der Waals surface area contributed by atoms with E-state index in [1.54, 1.807) is 14.2 Å². The third kappa shape index (κ3) is 2.26. The molecule has 5 nitrogen and oxygen atoms in total. The van der Waals surface area contributed by atoms with E-state index in [2.05, 4.69) is 4.98 Å².